The normalized spacial score (nSPS) is 16.6. The summed E-state index contributed by atoms with van der Waals surface area (Å²) in [7, 11) is 0. The van der Waals surface area contributed by atoms with Crippen molar-refractivity contribution in [2.75, 3.05) is 19.6 Å². The van der Waals surface area contributed by atoms with Crippen LogP contribution in [0.3, 0.4) is 0 Å². The van der Waals surface area contributed by atoms with Gasteiger partial charge in [-0.3, -0.25) is 9.78 Å². The third-order valence-electron chi connectivity index (χ3n) is 3.82. The van der Waals surface area contributed by atoms with Gasteiger partial charge >= 0.3 is 0 Å². The van der Waals surface area contributed by atoms with E-state index in [1.165, 1.54) is 19.2 Å². The van der Waals surface area contributed by atoms with Crippen LogP contribution < -0.4 is 16.2 Å². The van der Waals surface area contributed by atoms with Crippen molar-refractivity contribution >= 4 is 10.9 Å². The highest BCUT2D eigenvalue weighted by Crippen LogP contribution is 2.12. The van der Waals surface area contributed by atoms with Crippen LogP contribution in [0.15, 0.2) is 23.4 Å². The van der Waals surface area contributed by atoms with E-state index in [4.69, 9.17) is 0 Å². The number of aromatic nitrogens is 3. The number of rotatable bonds is 4. The Morgan fingerprint density at radius 3 is 3.00 bits per heavy atom. The van der Waals surface area contributed by atoms with Gasteiger partial charge in [0.2, 0.25) is 0 Å². The first kappa shape index (κ1) is 13.2. The molecule has 0 saturated carbocycles. The number of piperidine rings is 1. The quantitative estimate of drug-likeness (QED) is 0.751. The maximum atomic E-state index is 11.7. The molecule has 3 heterocycles. The molecule has 0 unspecified atom stereocenters. The molecule has 6 heteroatoms. The fourth-order valence-electron chi connectivity index (χ4n) is 2.67. The van der Waals surface area contributed by atoms with Gasteiger partial charge in [-0.1, -0.05) is 0 Å². The Kier molecular flexibility index (Phi) is 4.03. The van der Waals surface area contributed by atoms with Crippen LogP contribution in [0.4, 0.5) is 0 Å². The van der Waals surface area contributed by atoms with Gasteiger partial charge < -0.3 is 15.6 Å². The van der Waals surface area contributed by atoms with E-state index < -0.39 is 0 Å². The van der Waals surface area contributed by atoms with Crippen molar-refractivity contribution in [3.63, 3.8) is 0 Å². The van der Waals surface area contributed by atoms with Crippen LogP contribution in [0.2, 0.25) is 0 Å². The summed E-state index contributed by atoms with van der Waals surface area (Å²) in [5.41, 5.74) is 1.41. The second-order valence-electron chi connectivity index (χ2n) is 5.21. The molecule has 20 heavy (non-hydrogen) atoms. The first-order chi connectivity index (χ1) is 9.84. The summed E-state index contributed by atoms with van der Waals surface area (Å²) in [6.07, 6.45) is 5.53. The lowest BCUT2D eigenvalue weighted by Crippen LogP contribution is -2.33. The fourth-order valence-corrected chi connectivity index (χ4v) is 2.67. The molecule has 0 aromatic carbocycles. The van der Waals surface area contributed by atoms with Gasteiger partial charge in [-0.05, 0) is 44.5 Å². The molecule has 3 N–H and O–H groups in total. The highest BCUT2D eigenvalue weighted by atomic mass is 16.1. The minimum absolute atomic E-state index is 0.114. The first-order valence-corrected chi connectivity index (χ1v) is 7.07. The lowest BCUT2D eigenvalue weighted by molar-refractivity contribution is 0.356. The number of pyridine rings is 1. The van der Waals surface area contributed by atoms with Gasteiger partial charge in [0.15, 0.2) is 0 Å². The van der Waals surface area contributed by atoms with Crippen molar-refractivity contribution in [2.45, 2.75) is 19.4 Å². The fraction of sp³-hybridized carbons (Fsp3) is 0.500. The highest BCUT2D eigenvalue weighted by molar-refractivity contribution is 5.78. The van der Waals surface area contributed by atoms with Crippen LogP contribution in [-0.2, 0) is 6.54 Å². The van der Waals surface area contributed by atoms with Gasteiger partial charge in [0.1, 0.15) is 5.52 Å². The number of aromatic amines is 1. The summed E-state index contributed by atoms with van der Waals surface area (Å²) in [6, 6.07) is 1.71. The molecule has 106 valence electrons. The number of H-pyrrole nitrogens is 1. The summed E-state index contributed by atoms with van der Waals surface area (Å²) in [5, 5.41) is 7.40. The van der Waals surface area contributed by atoms with Crippen molar-refractivity contribution < 1.29 is 0 Å². The monoisotopic (exact) mass is 273 g/mol. The molecule has 1 fully saturated rings. The van der Waals surface area contributed by atoms with E-state index in [1.54, 1.807) is 12.3 Å². The molecule has 2 aromatic heterocycles. The number of nitrogens with one attached hydrogen (secondary N) is 3. The van der Waals surface area contributed by atoms with Crippen LogP contribution >= 0.6 is 0 Å². The van der Waals surface area contributed by atoms with Crippen LogP contribution in [0.25, 0.3) is 10.9 Å². The van der Waals surface area contributed by atoms with E-state index in [0.29, 0.717) is 17.4 Å². The van der Waals surface area contributed by atoms with Crippen LogP contribution in [0.5, 0.6) is 0 Å². The van der Waals surface area contributed by atoms with Crippen molar-refractivity contribution in [1.29, 1.82) is 0 Å². The number of hydrogen-bond acceptors (Lipinski definition) is 5. The topological polar surface area (TPSA) is 82.7 Å². The molecule has 0 spiro atoms. The van der Waals surface area contributed by atoms with E-state index in [1.807, 2.05) is 0 Å². The van der Waals surface area contributed by atoms with Gasteiger partial charge in [0, 0.05) is 12.7 Å². The first-order valence-electron chi connectivity index (χ1n) is 7.07. The Bertz CT molecular complexity index is 633. The zero-order valence-corrected chi connectivity index (χ0v) is 11.4. The molecule has 1 aliphatic heterocycles. The minimum atomic E-state index is -0.114. The minimum Gasteiger partial charge on any atom is -0.317 e. The Morgan fingerprint density at radius 2 is 2.15 bits per heavy atom. The molecule has 6 nitrogen and oxygen atoms in total. The molecule has 2 aromatic rings. The van der Waals surface area contributed by atoms with E-state index in [2.05, 4.69) is 25.6 Å². The lowest BCUT2D eigenvalue weighted by atomic mass is 9.98. The Labute approximate surface area is 117 Å². The molecule has 0 atom stereocenters. The van der Waals surface area contributed by atoms with Gasteiger partial charge in [-0.25, -0.2) is 4.98 Å². The molecule has 0 aliphatic carbocycles. The summed E-state index contributed by atoms with van der Waals surface area (Å²) >= 11 is 0. The molecule has 0 bridgehead atoms. The van der Waals surface area contributed by atoms with Gasteiger partial charge in [0.05, 0.1) is 17.4 Å². The zero-order valence-electron chi connectivity index (χ0n) is 11.4. The lowest BCUT2D eigenvalue weighted by Gasteiger charge is -2.22. The predicted octanol–water partition coefficient (Wildman–Crippen LogP) is 0.407. The van der Waals surface area contributed by atoms with Gasteiger partial charge in [-0.15, -0.1) is 0 Å². The van der Waals surface area contributed by atoms with E-state index in [-0.39, 0.29) is 5.56 Å². The molecular weight excluding hydrogens is 254 g/mol. The largest absolute Gasteiger partial charge is 0.317 e. The Balaban J connectivity index is 1.68. The number of nitrogens with zero attached hydrogens (tertiary/aromatic N) is 2. The molecule has 0 radical (unpaired) electrons. The van der Waals surface area contributed by atoms with Crippen molar-refractivity contribution in [2.24, 2.45) is 5.92 Å². The third-order valence-corrected chi connectivity index (χ3v) is 3.82. The number of fused-ring (bicyclic) bond motifs is 1. The highest BCUT2D eigenvalue weighted by Gasteiger charge is 2.13. The molecule has 0 amide bonds. The second-order valence-corrected chi connectivity index (χ2v) is 5.21. The van der Waals surface area contributed by atoms with Crippen LogP contribution in [-0.4, -0.2) is 34.6 Å². The maximum Gasteiger partial charge on any atom is 0.258 e. The Hall–Kier alpha value is -1.79. The van der Waals surface area contributed by atoms with Gasteiger partial charge in [0.25, 0.3) is 5.56 Å². The van der Waals surface area contributed by atoms with E-state index >= 15 is 0 Å². The smallest absolute Gasteiger partial charge is 0.258 e. The summed E-state index contributed by atoms with van der Waals surface area (Å²) < 4.78 is 0. The van der Waals surface area contributed by atoms with Crippen LogP contribution in [0, 0.1) is 5.92 Å². The van der Waals surface area contributed by atoms with Crippen molar-refractivity contribution in [1.82, 2.24) is 25.6 Å². The third kappa shape index (κ3) is 2.86. The summed E-state index contributed by atoms with van der Waals surface area (Å²) in [5.74, 6) is 0.725. The average molecular weight is 273 g/mol. The average Bonchev–Trinajstić information content (AvgIpc) is 2.49. The van der Waals surface area contributed by atoms with E-state index in [0.717, 1.165) is 31.2 Å². The summed E-state index contributed by atoms with van der Waals surface area (Å²) in [4.78, 5) is 22.9. The summed E-state index contributed by atoms with van der Waals surface area (Å²) in [6.45, 7) is 3.85. The zero-order chi connectivity index (χ0) is 13.8. The predicted molar refractivity (Wildman–Crippen MR) is 77.5 cm³/mol. The SMILES string of the molecule is O=c1[nH]cnc2c(CNCC3CCNCC3)nccc12. The van der Waals surface area contributed by atoms with Gasteiger partial charge in [-0.2, -0.15) is 0 Å². The molecular formula is C14H19N5O. The maximum absolute atomic E-state index is 11.7. The Morgan fingerprint density at radius 1 is 1.30 bits per heavy atom. The number of hydrogen-bond donors (Lipinski definition) is 3. The molecule has 1 aliphatic rings. The second kappa shape index (κ2) is 6.11. The molecule has 1 saturated heterocycles. The molecule has 3 rings (SSSR count). The van der Waals surface area contributed by atoms with Crippen LogP contribution in [0.1, 0.15) is 18.5 Å². The van der Waals surface area contributed by atoms with Crippen molar-refractivity contribution in [3.8, 4) is 0 Å². The van der Waals surface area contributed by atoms with Crippen molar-refractivity contribution in [3.05, 3.63) is 34.6 Å². The standard InChI is InChI=1S/C14H19N5O/c20-14-11-3-6-17-12(13(11)18-9-19-14)8-16-7-10-1-4-15-5-2-10/h3,6,9-10,15-16H,1-2,4-5,7-8H2,(H,18,19,20). The van der Waals surface area contributed by atoms with E-state index in [9.17, 15) is 4.79 Å².